The average Bonchev–Trinajstić information content (AvgIpc) is 1.58. The second-order valence-electron chi connectivity index (χ2n) is 36.1. The van der Waals surface area contributed by atoms with Gasteiger partial charge in [-0.25, -0.2) is 4.98 Å². The minimum absolute atomic E-state index is 0.0255. The lowest BCUT2D eigenvalue weighted by Crippen LogP contribution is -2.60. The van der Waals surface area contributed by atoms with E-state index in [-0.39, 0.29) is 54.9 Å². The third-order valence-corrected chi connectivity index (χ3v) is 24.6. The summed E-state index contributed by atoms with van der Waals surface area (Å²) < 4.78 is 0. The summed E-state index contributed by atoms with van der Waals surface area (Å²) in [4.78, 5) is 218. The number of fused-ring (bicyclic) bond motifs is 8. The van der Waals surface area contributed by atoms with Crippen LogP contribution in [0.5, 0.6) is 0 Å². The van der Waals surface area contributed by atoms with Gasteiger partial charge in [0.2, 0.25) is 59.1 Å². The summed E-state index contributed by atoms with van der Waals surface area (Å²) in [6.07, 6.45) is 31.6. The molecule has 34 nitrogen and oxygen atoms in total. The zero-order chi connectivity index (χ0) is 102. The topological polar surface area (TPSA) is 541 Å². The number of carbonyl (C=O) groups is 15. The summed E-state index contributed by atoms with van der Waals surface area (Å²) >= 11 is 0. The number of carboxylic acids is 3. The zero-order valence-corrected chi connectivity index (χ0v) is 80.9. The zero-order valence-electron chi connectivity index (χ0n) is 80.9. The molecule has 0 spiro atoms. The van der Waals surface area contributed by atoms with Crippen LogP contribution < -0.4 is 58.9 Å². The van der Waals surface area contributed by atoms with Crippen LogP contribution in [0.25, 0.3) is 45.4 Å². The van der Waals surface area contributed by atoms with Crippen LogP contribution in [-0.4, -0.2) is 198 Å². The van der Waals surface area contributed by atoms with Crippen LogP contribution in [0.1, 0.15) is 250 Å². The largest absolute Gasteiger partial charge is 0.481 e. The first kappa shape index (κ1) is 109. The van der Waals surface area contributed by atoms with Gasteiger partial charge in [0.25, 0.3) is 5.91 Å². The summed E-state index contributed by atoms with van der Waals surface area (Å²) in [5, 5.41) is 62.3. The van der Waals surface area contributed by atoms with Gasteiger partial charge in [-0.05, 0) is 195 Å². The van der Waals surface area contributed by atoms with Gasteiger partial charge < -0.3 is 84.0 Å². The number of ketones is 1. The molecule has 34 heteroatoms. The number of benzene rings is 1. The molecule has 11 amide bonds. The van der Waals surface area contributed by atoms with Gasteiger partial charge in [-0.1, -0.05) is 179 Å². The number of nitrogens with zero attached hydrogens (tertiary/aromatic N) is 2. The van der Waals surface area contributed by atoms with E-state index in [1.165, 1.54) is 55.5 Å². The van der Waals surface area contributed by atoms with Crippen LogP contribution in [0.4, 0.5) is 0 Å². The lowest BCUT2D eigenvalue weighted by atomic mass is 9.72. The van der Waals surface area contributed by atoms with E-state index in [0.29, 0.717) is 52.8 Å². The Morgan fingerprint density at radius 2 is 1.13 bits per heavy atom. The number of imide groups is 1. The molecule has 18 N–H and O–H groups in total. The maximum atomic E-state index is 14.1. The van der Waals surface area contributed by atoms with Crippen LogP contribution in [0.3, 0.4) is 0 Å². The molecule has 4 aromatic rings. The number of aliphatic hydroxyl groups is 1. The number of amides is 11. The number of nitrogens with two attached hydrogens (primary N) is 1. The number of nitrogens with one attached hydrogen (secondary N) is 12. The molecule has 0 radical (unpaired) electrons. The number of H-pyrrole nitrogens is 2. The number of aromatic nitrogens is 4. The monoisotopic (exact) mass is 1890 g/mol. The molecule has 4 aliphatic rings. The first-order valence-electron chi connectivity index (χ1n) is 46.4. The predicted octanol–water partition coefficient (Wildman–Crippen LogP) is 10.7. The number of aromatic amines is 2. The number of rotatable bonds is 47. The normalized spacial score (nSPS) is 16.5. The van der Waals surface area contributed by atoms with Gasteiger partial charge in [-0.3, -0.25) is 82.2 Å². The number of aryl methyl sites for hydroxylation is 2. The molecule has 0 saturated heterocycles. The highest BCUT2D eigenvalue weighted by atomic mass is 16.4. The Kier molecular flexibility index (Phi) is 40.6. The van der Waals surface area contributed by atoms with Crippen LogP contribution >= 0.6 is 0 Å². The predicted molar refractivity (Wildman–Crippen MR) is 528 cm³/mol. The fourth-order valence-corrected chi connectivity index (χ4v) is 16.7. The lowest BCUT2D eigenvalue weighted by molar-refractivity contribution is -0.142. The maximum absolute atomic E-state index is 14.1. The van der Waals surface area contributed by atoms with Crippen molar-refractivity contribution in [2.75, 3.05) is 32.8 Å². The Labute approximate surface area is 803 Å². The van der Waals surface area contributed by atoms with Crippen molar-refractivity contribution in [1.82, 2.24) is 73.1 Å². The van der Waals surface area contributed by atoms with Gasteiger partial charge in [0.05, 0.1) is 61.7 Å². The lowest BCUT2D eigenvalue weighted by Gasteiger charge is -2.32. The summed E-state index contributed by atoms with van der Waals surface area (Å²) in [5.74, 6) is -18.1. The third kappa shape index (κ3) is 31.3. The van der Waals surface area contributed by atoms with Gasteiger partial charge in [0.15, 0.2) is 5.78 Å². The number of carboxylic acid groups (broad SMARTS) is 3. The number of allylic oxidation sites excluding steroid dienone is 21. The summed E-state index contributed by atoms with van der Waals surface area (Å²) in [7, 11) is 0. The van der Waals surface area contributed by atoms with Crippen molar-refractivity contribution in [3.05, 3.63) is 223 Å². The fraction of sp³-hybridized carbons (Fsp3) is 0.413. The molecule has 2 aliphatic heterocycles. The summed E-state index contributed by atoms with van der Waals surface area (Å²) in [6, 6.07) is 1.71. The molecule has 0 unspecified atom stereocenters. The number of hydrogen-bond acceptors (Lipinski definition) is 19. The second kappa shape index (κ2) is 51.5. The first-order chi connectivity index (χ1) is 65.4. The van der Waals surface area contributed by atoms with Crippen molar-refractivity contribution in [1.29, 1.82) is 0 Å². The van der Waals surface area contributed by atoms with Crippen molar-refractivity contribution in [3.8, 4) is 0 Å². The fourth-order valence-electron chi connectivity index (χ4n) is 16.7. The molecule has 1 aromatic carbocycles. The second-order valence-corrected chi connectivity index (χ2v) is 36.1. The molecule has 138 heavy (non-hydrogen) atoms. The van der Waals surface area contributed by atoms with E-state index in [1.807, 2.05) is 114 Å². The molecule has 8 atom stereocenters. The number of hydrogen-bond donors (Lipinski definition) is 17. The van der Waals surface area contributed by atoms with E-state index in [0.717, 1.165) is 79.0 Å². The van der Waals surface area contributed by atoms with Crippen molar-refractivity contribution < 1.29 is 92.3 Å². The van der Waals surface area contributed by atoms with Crippen LogP contribution in [-0.2, 0) is 68.7 Å². The van der Waals surface area contributed by atoms with Gasteiger partial charge in [0, 0.05) is 75.6 Å². The van der Waals surface area contributed by atoms with E-state index < -0.39 is 183 Å². The smallest absolute Gasteiger partial charge is 0.305 e. The molecular formula is C104H131N15O19. The van der Waals surface area contributed by atoms with E-state index in [9.17, 15) is 92.3 Å². The van der Waals surface area contributed by atoms with Crippen molar-refractivity contribution >= 4 is 134 Å². The number of Topliss-reactive ketones (excluding diaryl/α,β-unsaturated/α-hetero) is 1. The van der Waals surface area contributed by atoms with Crippen LogP contribution in [0.2, 0.25) is 0 Å². The minimum Gasteiger partial charge on any atom is -0.481 e. The average molecular weight is 1900 g/mol. The first-order valence-corrected chi connectivity index (χ1v) is 46.4. The minimum atomic E-state index is -1.99. The van der Waals surface area contributed by atoms with E-state index in [1.54, 1.807) is 18.2 Å². The number of aliphatic hydroxyl groups excluding tert-OH is 1. The van der Waals surface area contributed by atoms with Gasteiger partial charge in [0.1, 0.15) is 36.3 Å². The van der Waals surface area contributed by atoms with E-state index in [4.69, 9.17) is 15.7 Å². The molecule has 8 rings (SSSR count). The number of carbonyl (C=O) groups excluding carboxylic acids is 12. The van der Waals surface area contributed by atoms with Crippen molar-refractivity contribution in [3.63, 3.8) is 0 Å². The Balaban J connectivity index is 0.797. The quantitative estimate of drug-likeness (QED) is 0.0144. The van der Waals surface area contributed by atoms with Crippen LogP contribution in [0.15, 0.2) is 161 Å². The summed E-state index contributed by atoms with van der Waals surface area (Å²) in [6.45, 7) is 28.4. The van der Waals surface area contributed by atoms with Crippen molar-refractivity contribution in [2.24, 2.45) is 17.1 Å². The molecule has 0 saturated carbocycles. The molecule has 0 fully saturated rings. The highest BCUT2D eigenvalue weighted by molar-refractivity contribution is 6.13. The Morgan fingerprint density at radius 3 is 1.71 bits per heavy atom. The highest BCUT2D eigenvalue weighted by Crippen LogP contribution is 2.45. The van der Waals surface area contributed by atoms with Crippen LogP contribution in [0, 0.1) is 25.2 Å². The number of unbranched alkanes of at least 4 members (excludes halogenated alkanes) is 1. The SMILES string of the molecule is C=Cc1c(C)c2cc3nc(c4c5[nH]c(cc6nc(cc1[nH]2)C(C)=C6CC)c(C)c5C(=O)C4)[C@@H](CCC(=O)NCC(=O)N[C@@H](CC(=O)O)C(=O)N[C@@H](CCC(=O)O)C(=O)N[C@H](C(=O)N[C@@H](CC(=O)O)C(=O)NCC(=O)N[C@@H](CO)C(=O)NCC(=O)N[C@@H](CCCCN)C(=O)NC(=O)c1ccc(/C=C/C(C)=C/C=C/C(C)=C/C=C/C=C(C)/C=C/C=C(C)/C=C/C2=C(C)CCCC2(C)C)cc1)C(C)C)[C@@H]3C. The van der Waals surface area contributed by atoms with Gasteiger partial charge in [-0.15, -0.1) is 0 Å². The van der Waals surface area contributed by atoms with E-state index >= 15 is 0 Å². The molecule has 5 heterocycles. The Hall–Kier alpha value is -14.4. The Morgan fingerprint density at radius 1 is 0.587 bits per heavy atom. The standard InChI is InChI=1S/C104H131N15O19/c1-16-69-63(10)76-48-78-65(12)71(95(114-78)72-47-85(121)93-66(13)79(115-96(72)93)50-81-70(17-2)64(11)77(110-81)49-80(69)109-76)40-43-86(122)106-53-87(123)112-83(52-92(130)131)102(137)116-75(42-44-90(126)127)100(135)118-94(57(3)4)103(138)117-82(51-91(128)129)98(133)107-55-89(125)113-84(56-120)99(134)108-54-88(124)111-74(32-20-21-46-105)101(136)119-97(132)68-38-36-67(37-39-68)35-33-60(7)29-22-27-58(5)25-18-19-26-59(6)28-23-30-61(8)34-41-73-62(9)31-24-45-104(73,14)15/h16,18-19,22-23,25-30,33-39,41,48-50,57,65,71,74-75,82-84,94,109,115,120H,1,17,20-21,24,31-32,40,42-47,51-56,105H2,2-15H3,(H,106,122)(H,107,133)(H,108,134)(H,111,124)(H,112,123)(H,113,125)(H,116,137)(H,117,138)(H,118,135)(H,126,127)(H,128,129)(H,130,131)(H,119,132,136)/b19-18+,27-22+,28-23+,35-33+,41-34+,58-25+,59-26+,60-29+,61-30+,76-48?,77-49?,78-48?,79-50?,80-49?,81-50?,95-72?/t65-,71-,74-,75-,82-,83-,84-,94-/m0/s1. The van der Waals surface area contributed by atoms with Gasteiger partial charge >= 0.3 is 17.9 Å². The highest BCUT2D eigenvalue weighted by Gasteiger charge is 2.39. The molecule has 3 aromatic heterocycles. The van der Waals surface area contributed by atoms with Crippen molar-refractivity contribution in [2.45, 2.75) is 235 Å². The molecule has 8 bridgehead atoms. The number of aliphatic carboxylic acids is 3. The Bertz CT molecular complexity index is 5900. The molecular weight excluding hydrogens is 1760 g/mol. The maximum Gasteiger partial charge on any atom is 0.305 e. The molecule has 736 valence electrons. The van der Waals surface area contributed by atoms with Gasteiger partial charge in [-0.2, -0.15) is 0 Å². The summed E-state index contributed by atoms with van der Waals surface area (Å²) in [5.41, 5.74) is 25.5. The van der Waals surface area contributed by atoms with E-state index in [2.05, 4.69) is 142 Å². The third-order valence-electron chi connectivity index (χ3n) is 24.6. The molecule has 2 aliphatic carbocycles.